The molecule has 112 valence electrons. The average Bonchev–Trinajstić information content (AvgIpc) is 2.37. The zero-order valence-electron chi connectivity index (χ0n) is 13.1. The number of amides is 1. The lowest BCUT2D eigenvalue weighted by atomic mass is 10.2. The molecule has 2 N–H and O–H groups in total. The Morgan fingerprint density at radius 3 is 2.15 bits per heavy atom. The molecule has 0 fully saturated rings. The van der Waals surface area contributed by atoms with Crippen molar-refractivity contribution in [3.8, 4) is 0 Å². The summed E-state index contributed by atoms with van der Waals surface area (Å²) in [5.41, 5.74) is 1.27. The summed E-state index contributed by atoms with van der Waals surface area (Å²) in [6.45, 7) is 11.1. The highest BCUT2D eigenvalue weighted by molar-refractivity contribution is 8.00. The Morgan fingerprint density at radius 2 is 1.65 bits per heavy atom. The van der Waals surface area contributed by atoms with E-state index in [0.717, 1.165) is 11.4 Å². The Morgan fingerprint density at radius 1 is 1.05 bits per heavy atom. The summed E-state index contributed by atoms with van der Waals surface area (Å²) in [6, 6.07) is 9.08. The maximum absolute atomic E-state index is 11.9. The Labute approximate surface area is 126 Å². The number of hydrogen-bond donors (Lipinski definition) is 2. The molecule has 1 atom stereocenters. The van der Waals surface area contributed by atoms with Crippen LogP contribution in [-0.2, 0) is 11.3 Å². The molecule has 1 unspecified atom stereocenters. The zero-order valence-corrected chi connectivity index (χ0v) is 13.9. The van der Waals surface area contributed by atoms with Crippen LogP contribution in [0.25, 0.3) is 0 Å². The number of carbonyl (C=O) groups is 1. The van der Waals surface area contributed by atoms with Crippen molar-refractivity contribution in [2.24, 2.45) is 0 Å². The monoisotopic (exact) mass is 294 g/mol. The largest absolute Gasteiger partial charge is 0.353 e. The third-order valence-corrected chi connectivity index (χ3v) is 3.86. The van der Waals surface area contributed by atoms with E-state index in [1.165, 1.54) is 5.56 Å². The highest BCUT2D eigenvalue weighted by atomic mass is 32.2. The third-order valence-electron chi connectivity index (χ3n) is 2.75. The van der Waals surface area contributed by atoms with E-state index in [2.05, 4.69) is 48.7 Å². The van der Waals surface area contributed by atoms with Crippen molar-refractivity contribution in [2.45, 2.75) is 63.4 Å². The van der Waals surface area contributed by atoms with Crippen LogP contribution in [0.3, 0.4) is 0 Å². The lowest BCUT2D eigenvalue weighted by Crippen LogP contribution is -2.35. The summed E-state index contributed by atoms with van der Waals surface area (Å²) >= 11 is 1.59. The summed E-state index contributed by atoms with van der Waals surface area (Å²) in [5.74, 6) is 0.0931. The first-order chi connectivity index (χ1) is 9.38. The SMILES string of the molecule is CC(C)NCc1ccc(SC(C)C(=O)NC(C)C)cc1. The first kappa shape index (κ1) is 17.1. The molecule has 0 saturated heterocycles. The molecular formula is C16H26N2OS. The van der Waals surface area contributed by atoms with Crippen LogP contribution >= 0.6 is 11.8 Å². The molecule has 0 radical (unpaired) electrons. The predicted molar refractivity (Wildman–Crippen MR) is 87.0 cm³/mol. The van der Waals surface area contributed by atoms with Crippen LogP contribution in [0, 0.1) is 0 Å². The van der Waals surface area contributed by atoms with Gasteiger partial charge in [0.15, 0.2) is 0 Å². The number of rotatable bonds is 7. The van der Waals surface area contributed by atoms with Crippen molar-refractivity contribution in [2.75, 3.05) is 0 Å². The molecule has 1 rings (SSSR count). The van der Waals surface area contributed by atoms with Gasteiger partial charge in [-0.25, -0.2) is 0 Å². The minimum atomic E-state index is -0.0722. The summed E-state index contributed by atoms with van der Waals surface area (Å²) in [7, 11) is 0. The van der Waals surface area contributed by atoms with Gasteiger partial charge in [0.1, 0.15) is 0 Å². The fourth-order valence-electron chi connectivity index (χ4n) is 1.67. The summed E-state index contributed by atoms with van der Waals surface area (Å²) in [4.78, 5) is 13.0. The van der Waals surface area contributed by atoms with Crippen LogP contribution < -0.4 is 10.6 Å². The number of nitrogens with one attached hydrogen (secondary N) is 2. The number of benzene rings is 1. The molecule has 0 aliphatic carbocycles. The second-order valence-electron chi connectivity index (χ2n) is 5.60. The van der Waals surface area contributed by atoms with E-state index in [-0.39, 0.29) is 17.2 Å². The Balaban J connectivity index is 2.50. The molecular weight excluding hydrogens is 268 g/mol. The minimum absolute atomic E-state index is 0.0722. The maximum Gasteiger partial charge on any atom is 0.233 e. The summed E-state index contributed by atoms with van der Waals surface area (Å²) in [6.07, 6.45) is 0. The standard InChI is InChI=1S/C16H26N2OS/c1-11(2)17-10-14-6-8-15(9-7-14)20-13(5)16(19)18-12(3)4/h6-9,11-13,17H,10H2,1-5H3,(H,18,19). The average molecular weight is 294 g/mol. The molecule has 3 nitrogen and oxygen atoms in total. The fourth-order valence-corrected chi connectivity index (χ4v) is 2.54. The summed E-state index contributed by atoms with van der Waals surface area (Å²) < 4.78 is 0. The van der Waals surface area contributed by atoms with E-state index >= 15 is 0 Å². The van der Waals surface area contributed by atoms with Gasteiger partial charge in [0.05, 0.1) is 5.25 Å². The Hall–Kier alpha value is -1.00. The maximum atomic E-state index is 11.9. The molecule has 0 heterocycles. The Bertz CT molecular complexity index is 415. The van der Waals surface area contributed by atoms with Gasteiger partial charge < -0.3 is 10.6 Å². The first-order valence-corrected chi connectivity index (χ1v) is 8.05. The molecule has 1 aromatic carbocycles. The van der Waals surface area contributed by atoms with Gasteiger partial charge in [0, 0.05) is 23.5 Å². The van der Waals surface area contributed by atoms with E-state index in [1.807, 2.05) is 20.8 Å². The summed E-state index contributed by atoms with van der Waals surface area (Å²) in [5, 5.41) is 6.26. The first-order valence-electron chi connectivity index (χ1n) is 7.18. The molecule has 1 aromatic rings. The molecule has 0 aliphatic heterocycles. The minimum Gasteiger partial charge on any atom is -0.353 e. The van der Waals surface area contributed by atoms with Crippen molar-refractivity contribution in [3.63, 3.8) is 0 Å². The van der Waals surface area contributed by atoms with Crippen LogP contribution in [0.1, 0.15) is 40.2 Å². The van der Waals surface area contributed by atoms with Gasteiger partial charge in [0.2, 0.25) is 5.91 Å². The molecule has 0 spiro atoms. The molecule has 0 saturated carbocycles. The van der Waals surface area contributed by atoms with Crippen molar-refractivity contribution in [3.05, 3.63) is 29.8 Å². The zero-order chi connectivity index (χ0) is 15.1. The highest BCUT2D eigenvalue weighted by Crippen LogP contribution is 2.23. The van der Waals surface area contributed by atoms with E-state index in [4.69, 9.17) is 0 Å². The van der Waals surface area contributed by atoms with Gasteiger partial charge in [-0.3, -0.25) is 4.79 Å². The van der Waals surface area contributed by atoms with Crippen LogP contribution in [0.15, 0.2) is 29.2 Å². The van der Waals surface area contributed by atoms with Crippen molar-refractivity contribution in [1.82, 2.24) is 10.6 Å². The van der Waals surface area contributed by atoms with Crippen LogP contribution in [-0.4, -0.2) is 23.2 Å². The van der Waals surface area contributed by atoms with Gasteiger partial charge in [-0.05, 0) is 38.5 Å². The number of thioether (sulfide) groups is 1. The van der Waals surface area contributed by atoms with Gasteiger partial charge >= 0.3 is 0 Å². The molecule has 1 amide bonds. The topological polar surface area (TPSA) is 41.1 Å². The van der Waals surface area contributed by atoms with Gasteiger partial charge in [-0.1, -0.05) is 26.0 Å². The van der Waals surface area contributed by atoms with E-state index < -0.39 is 0 Å². The van der Waals surface area contributed by atoms with Crippen LogP contribution in [0.2, 0.25) is 0 Å². The Kier molecular flexibility index (Phi) is 7.10. The van der Waals surface area contributed by atoms with E-state index in [1.54, 1.807) is 11.8 Å². The molecule has 0 aromatic heterocycles. The van der Waals surface area contributed by atoms with E-state index in [9.17, 15) is 4.79 Å². The molecule has 20 heavy (non-hydrogen) atoms. The second kappa shape index (κ2) is 8.32. The normalized spacial score (nSPS) is 12.8. The van der Waals surface area contributed by atoms with Crippen LogP contribution in [0.4, 0.5) is 0 Å². The lowest BCUT2D eigenvalue weighted by molar-refractivity contribution is -0.120. The van der Waals surface area contributed by atoms with Gasteiger partial charge in [-0.15, -0.1) is 11.8 Å². The third kappa shape index (κ3) is 6.44. The van der Waals surface area contributed by atoms with Crippen molar-refractivity contribution < 1.29 is 4.79 Å². The second-order valence-corrected chi connectivity index (χ2v) is 7.02. The molecule has 0 aliphatic rings. The van der Waals surface area contributed by atoms with Gasteiger partial charge in [-0.2, -0.15) is 0 Å². The lowest BCUT2D eigenvalue weighted by Gasteiger charge is -2.14. The van der Waals surface area contributed by atoms with Crippen molar-refractivity contribution >= 4 is 17.7 Å². The molecule has 0 bridgehead atoms. The number of carbonyl (C=O) groups excluding carboxylic acids is 1. The van der Waals surface area contributed by atoms with Gasteiger partial charge in [0.25, 0.3) is 0 Å². The van der Waals surface area contributed by atoms with E-state index in [0.29, 0.717) is 6.04 Å². The quantitative estimate of drug-likeness (QED) is 0.759. The van der Waals surface area contributed by atoms with Crippen LogP contribution in [0.5, 0.6) is 0 Å². The smallest absolute Gasteiger partial charge is 0.233 e. The predicted octanol–water partition coefficient (Wildman–Crippen LogP) is 3.19. The van der Waals surface area contributed by atoms with Crippen molar-refractivity contribution in [1.29, 1.82) is 0 Å². The number of hydrogen-bond acceptors (Lipinski definition) is 3. The fraction of sp³-hybridized carbons (Fsp3) is 0.562. The molecule has 4 heteroatoms. The highest BCUT2D eigenvalue weighted by Gasteiger charge is 2.14.